The third-order valence-corrected chi connectivity index (χ3v) is 6.56. The summed E-state index contributed by atoms with van der Waals surface area (Å²) in [5.74, 6) is 0. The molecule has 162 valence electrons. The number of benzene rings is 3. The second-order valence-electron chi connectivity index (χ2n) is 8.83. The minimum Gasteiger partial charge on any atom is -1.00 e. The fourth-order valence-electron chi connectivity index (χ4n) is 4.86. The van der Waals surface area contributed by atoms with Crippen LogP contribution in [0.4, 0.5) is 5.69 Å². The van der Waals surface area contributed by atoms with E-state index >= 15 is 0 Å². The molecule has 0 bridgehead atoms. The lowest BCUT2D eigenvalue weighted by molar-refractivity contribution is -0.401. The van der Waals surface area contributed by atoms with Gasteiger partial charge in [-0.3, -0.25) is 5.01 Å². The lowest BCUT2D eigenvalue weighted by atomic mass is 9.81. The maximum Gasteiger partial charge on any atom is 0.209 e. The maximum absolute atomic E-state index is 5.03. The van der Waals surface area contributed by atoms with Gasteiger partial charge in [-0.15, -0.1) is 0 Å². The summed E-state index contributed by atoms with van der Waals surface area (Å²) in [6, 6.07) is 30.1. The van der Waals surface area contributed by atoms with E-state index in [4.69, 9.17) is 5.10 Å². The molecule has 3 aromatic carbocycles. The zero-order chi connectivity index (χ0) is 21.4. The molecule has 1 atom stereocenters. The molecule has 1 unspecified atom stereocenters. The summed E-state index contributed by atoms with van der Waals surface area (Å²) in [7, 11) is 2.16. The van der Waals surface area contributed by atoms with Crippen LogP contribution in [0.3, 0.4) is 0 Å². The summed E-state index contributed by atoms with van der Waals surface area (Å²) in [5.41, 5.74) is 7.49. The monoisotopic (exact) mass is 441 g/mol. The van der Waals surface area contributed by atoms with Crippen LogP contribution in [-0.4, -0.2) is 28.1 Å². The predicted molar refractivity (Wildman–Crippen MR) is 128 cm³/mol. The van der Waals surface area contributed by atoms with Gasteiger partial charge in [-0.05, 0) is 25.0 Å². The molecule has 0 N–H and O–H groups in total. The van der Waals surface area contributed by atoms with Crippen LogP contribution in [-0.2, 0) is 5.41 Å². The first kappa shape index (κ1) is 22.0. The average molecular weight is 442 g/mol. The molecule has 3 nitrogen and oxygen atoms in total. The van der Waals surface area contributed by atoms with Crippen molar-refractivity contribution in [2.75, 3.05) is 7.05 Å². The second-order valence-corrected chi connectivity index (χ2v) is 8.83. The number of hydrogen-bond acceptors (Lipinski definition) is 2. The molecule has 0 amide bonds. The van der Waals surface area contributed by atoms with Gasteiger partial charge in [0.15, 0.2) is 5.71 Å². The molecular weight excluding hydrogens is 414 g/mol. The SMILES string of the molecule is C[N+]1=C(/C=C/N2N=C(c3ccccc3)CC2c2ccccc2)C(C)(C)c2ccccc21.[Cl-]. The van der Waals surface area contributed by atoms with Gasteiger partial charge in [0.05, 0.1) is 17.2 Å². The molecule has 0 saturated carbocycles. The van der Waals surface area contributed by atoms with Gasteiger partial charge in [0.25, 0.3) is 0 Å². The Kier molecular flexibility index (Phi) is 6.03. The largest absolute Gasteiger partial charge is 1.00 e. The lowest BCUT2D eigenvalue weighted by Gasteiger charge is -2.21. The van der Waals surface area contributed by atoms with Gasteiger partial charge < -0.3 is 12.4 Å². The molecule has 2 aliphatic heterocycles. The molecular formula is C28H28ClN3. The maximum atomic E-state index is 5.03. The van der Waals surface area contributed by atoms with Crippen LogP contribution in [0.2, 0.25) is 0 Å². The highest BCUT2D eigenvalue weighted by molar-refractivity contribution is 6.03. The molecule has 0 radical (unpaired) electrons. The van der Waals surface area contributed by atoms with Crippen molar-refractivity contribution in [2.24, 2.45) is 5.10 Å². The van der Waals surface area contributed by atoms with Gasteiger partial charge in [0, 0.05) is 30.3 Å². The molecule has 32 heavy (non-hydrogen) atoms. The Morgan fingerprint density at radius 2 is 1.53 bits per heavy atom. The molecule has 3 aromatic rings. The van der Waals surface area contributed by atoms with Crippen molar-refractivity contribution >= 4 is 17.1 Å². The Labute approximate surface area is 196 Å². The van der Waals surface area contributed by atoms with Crippen molar-refractivity contribution in [3.63, 3.8) is 0 Å². The molecule has 4 heteroatoms. The zero-order valence-electron chi connectivity index (χ0n) is 18.7. The van der Waals surface area contributed by atoms with E-state index in [1.165, 1.54) is 28.1 Å². The van der Waals surface area contributed by atoms with E-state index < -0.39 is 0 Å². The van der Waals surface area contributed by atoms with Gasteiger partial charge in [-0.25, -0.2) is 0 Å². The predicted octanol–water partition coefficient (Wildman–Crippen LogP) is 3.06. The minimum atomic E-state index is -0.0458. The third kappa shape index (κ3) is 3.78. The van der Waals surface area contributed by atoms with Gasteiger partial charge in [0.2, 0.25) is 5.69 Å². The molecule has 0 saturated heterocycles. The highest BCUT2D eigenvalue weighted by atomic mass is 35.5. The van der Waals surface area contributed by atoms with Crippen LogP contribution in [0.1, 0.15) is 43.0 Å². The summed E-state index contributed by atoms with van der Waals surface area (Å²) in [4.78, 5) is 0. The molecule has 0 spiro atoms. The minimum absolute atomic E-state index is 0. The summed E-state index contributed by atoms with van der Waals surface area (Å²) in [6.45, 7) is 4.60. The molecule has 2 heterocycles. The Balaban J connectivity index is 0.00000245. The molecule has 5 rings (SSSR count). The van der Waals surface area contributed by atoms with Crippen LogP contribution >= 0.6 is 0 Å². The Bertz CT molecular complexity index is 1190. The molecule has 2 aliphatic rings. The van der Waals surface area contributed by atoms with Crippen LogP contribution in [0, 0.1) is 0 Å². The summed E-state index contributed by atoms with van der Waals surface area (Å²) in [5, 5.41) is 7.17. The first-order valence-electron chi connectivity index (χ1n) is 10.9. The van der Waals surface area contributed by atoms with Crippen molar-refractivity contribution in [3.8, 4) is 0 Å². The smallest absolute Gasteiger partial charge is 0.209 e. The number of halogens is 1. The number of hydrogen-bond donors (Lipinski definition) is 0. The topological polar surface area (TPSA) is 18.6 Å². The van der Waals surface area contributed by atoms with Crippen molar-refractivity contribution < 1.29 is 17.0 Å². The zero-order valence-corrected chi connectivity index (χ0v) is 19.5. The van der Waals surface area contributed by atoms with Crippen molar-refractivity contribution in [3.05, 3.63) is 114 Å². The Morgan fingerprint density at radius 3 is 2.22 bits per heavy atom. The number of nitrogens with zero attached hydrogens (tertiary/aromatic N) is 3. The Hall–Kier alpha value is -3.17. The standard InChI is InChI=1S/C28H28N3.ClH/c1-28(2)23-16-10-11-17-25(23)30(3)27(28)18-19-31-26(22-14-8-5-9-15-22)20-24(29-31)21-12-6-4-7-13-21;/h4-19,26H,20H2,1-3H3;1H/q+1;/p-1. The first-order chi connectivity index (χ1) is 15.1. The van der Waals surface area contributed by atoms with Crippen LogP contribution in [0.5, 0.6) is 0 Å². The van der Waals surface area contributed by atoms with Gasteiger partial charge in [0.1, 0.15) is 7.05 Å². The van der Waals surface area contributed by atoms with Gasteiger partial charge >= 0.3 is 0 Å². The summed E-state index contributed by atoms with van der Waals surface area (Å²) >= 11 is 0. The van der Waals surface area contributed by atoms with Crippen LogP contribution in [0.15, 0.2) is 102 Å². The molecule has 0 aromatic heterocycles. The molecule has 0 aliphatic carbocycles. The highest BCUT2D eigenvalue weighted by Crippen LogP contribution is 2.39. The average Bonchev–Trinajstić information content (AvgIpc) is 3.31. The number of allylic oxidation sites excluding steroid dienone is 1. The quantitative estimate of drug-likeness (QED) is 0.569. The summed E-state index contributed by atoms with van der Waals surface area (Å²) < 4.78 is 2.31. The van der Waals surface area contributed by atoms with E-state index in [9.17, 15) is 0 Å². The van der Waals surface area contributed by atoms with E-state index in [1.807, 2.05) is 0 Å². The van der Waals surface area contributed by atoms with E-state index in [1.54, 1.807) is 0 Å². The van der Waals surface area contributed by atoms with Gasteiger partial charge in [-0.2, -0.15) is 9.68 Å². The van der Waals surface area contributed by atoms with E-state index in [2.05, 4.69) is 128 Å². The fourth-order valence-corrected chi connectivity index (χ4v) is 4.86. The summed E-state index contributed by atoms with van der Waals surface area (Å²) in [6.07, 6.45) is 5.30. The van der Waals surface area contributed by atoms with Crippen molar-refractivity contribution in [1.29, 1.82) is 0 Å². The number of rotatable bonds is 4. The first-order valence-corrected chi connectivity index (χ1v) is 10.9. The van der Waals surface area contributed by atoms with Crippen molar-refractivity contribution in [1.82, 2.24) is 5.01 Å². The normalized spacial score (nSPS) is 19.2. The van der Waals surface area contributed by atoms with Gasteiger partial charge in [-0.1, -0.05) is 78.9 Å². The Morgan fingerprint density at radius 1 is 0.906 bits per heavy atom. The number of fused-ring (bicyclic) bond motifs is 1. The van der Waals surface area contributed by atoms with Crippen LogP contribution < -0.4 is 12.4 Å². The van der Waals surface area contributed by atoms with E-state index in [0.717, 1.165) is 12.1 Å². The highest BCUT2D eigenvalue weighted by Gasteiger charge is 2.42. The number of hydrazone groups is 1. The third-order valence-electron chi connectivity index (χ3n) is 6.56. The fraction of sp³-hybridized carbons (Fsp3) is 0.214. The van der Waals surface area contributed by atoms with Crippen LogP contribution in [0.25, 0.3) is 0 Å². The number of para-hydroxylation sites is 1. The van der Waals surface area contributed by atoms with E-state index in [0.29, 0.717) is 0 Å². The second kappa shape index (κ2) is 8.76. The molecule has 0 fully saturated rings. The lowest BCUT2D eigenvalue weighted by Crippen LogP contribution is -3.00. The van der Waals surface area contributed by atoms with E-state index in [-0.39, 0.29) is 23.9 Å². The van der Waals surface area contributed by atoms with Crippen molar-refractivity contribution in [2.45, 2.75) is 31.7 Å².